The van der Waals surface area contributed by atoms with Crippen molar-refractivity contribution in [3.05, 3.63) is 52.0 Å². The second-order valence-corrected chi connectivity index (χ2v) is 7.99. The van der Waals surface area contributed by atoms with Crippen molar-refractivity contribution in [1.82, 2.24) is 14.9 Å². The number of anilines is 1. The van der Waals surface area contributed by atoms with Gasteiger partial charge in [-0.2, -0.15) is 13.2 Å². The second kappa shape index (κ2) is 6.75. The topological polar surface area (TPSA) is 75.2 Å². The van der Waals surface area contributed by atoms with Crippen molar-refractivity contribution in [2.75, 3.05) is 18.4 Å². The highest BCUT2D eigenvalue weighted by Crippen LogP contribution is 2.63. The van der Waals surface area contributed by atoms with Crippen molar-refractivity contribution in [1.29, 1.82) is 0 Å². The van der Waals surface area contributed by atoms with Crippen molar-refractivity contribution in [2.45, 2.75) is 18.0 Å². The van der Waals surface area contributed by atoms with Crippen LogP contribution in [-0.2, 0) is 10.2 Å². The molecule has 1 spiro atoms. The van der Waals surface area contributed by atoms with E-state index in [9.17, 15) is 27.2 Å². The van der Waals surface area contributed by atoms with Gasteiger partial charge in [-0.3, -0.25) is 14.9 Å². The van der Waals surface area contributed by atoms with Crippen LogP contribution >= 0.6 is 15.9 Å². The Morgan fingerprint density at radius 3 is 2.62 bits per heavy atom. The number of amides is 2. The van der Waals surface area contributed by atoms with Crippen LogP contribution in [0.15, 0.2) is 35.1 Å². The van der Waals surface area contributed by atoms with E-state index >= 15 is 0 Å². The smallest absolute Gasteiger partial charge is 0.328 e. The van der Waals surface area contributed by atoms with Gasteiger partial charge >= 0.3 is 6.18 Å². The minimum atomic E-state index is -4.41. The molecule has 1 aliphatic carbocycles. The monoisotopic (exact) mass is 472 g/mol. The number of nitrogens with zero attached hydrogens (tertiary/aromatic N) is 3. The molecule has 1 fully saturated rings. The molecular formula is C18H13BrF4N4O2. The predicted molar refractivity (Wildman–Crippen MR) is 96.5 cm³/mol. The van der Waals surface area contributed by atoms with Gasteiger partial charge in [0, 0.05) is 22.0 Å². The van der Waals surface area contributed by atoms with Gasteiger partial charge in [-0.05, 0) is 30.2 Å². The fourth-order valence-corrected chi connectivity index (χ4v) is 4.19. The SMILES string of the molecule is O=C(CN1CC2(C[C@@H]2C(F)(F)F)c2cc(Br)ccc2C1=O)Nc1ncc(F)cn1. The van der Waals surface area contributed by atoms with Gasteiger partial charge in [0.05, 0.1) is 18.3 Å². The predicted octanol–water partition coefficient (Wildman–Crippen LogP) is 3.29. The highest BCUT2D eigenvalue weighted by molar-refractivity contribution is 9.10. The normalized spacial score (nSPS) is 23.1. The van der Waals surface area contributed by atoms with Crippen LogP contribution in [0.3, 0.4) is 0 Å². The summed E-state index contributed by atoms with van der Waals surface area (Å²) in [6.07, 6.45) is -2.84. The molecule has 2 amide bonds. The van der Waals surface area contributed by atoms with Gasteiger partial charge in [0.2, 0.25) is 11.9 Å². The molecule has 1 saturated carbocycles. The molecular weight excluding hydrogens is 460 g/mol. The Hall–Kier alpha value is -2.56. The molecule has 2 atom stereocenters. The van der Waals surface area contributed by atoms with Crippen molar-refractivity contribution >= 4 is 33.7 Å². The van der Waals surface area contributed by atoms with Crippen molar-refractivity contribution in [3.8, 4) is 0 Å². The van der Waals surface area contributed by atoms with Crippen LogP contribution in [0.25, 0.3) is 0 Å². The average Bonchev–Trinajstić information content (AvgIpc) is 3.37. The number of fused-ring (bicyclic) bond motifs is 2. The zero-order valence-electron chi connectivity index (χ0n) is 14.6. The average molecular weight is 473 g/mol. The van der Waals surface area contributed by atoms with Gasteiger partial charge in [-0.15, -0.1) is 0 Å². The summed E-state index contributed by atoms with van der Waals surface area (Å²) in [5.41, 5.74) is -0.771. The third-order valence-corrected chi connectivity index (χ3v) is 5.68. The maximum Gasteiger partial charge on any atom is 0.392 e. The molecule has 152 valence electrons. The lowest BCUT2D eigenvalue weighted by Gasteiger charge is -2.35. The molecule has 0 saturated heterocycles. The van der Waals surface area contributed by atoms with Gasteiger partial charge in [0.1, 0.15) is 6.54 Å². The number of aromatic nitrogens is 2. The van der Waals surface area contributed by atoms with Crippen LogP contribution in [0, 0.1) is 11.7 Å². The number of carbonyl (C=O) groups is 2. The molecule has 1 unspecified atom stereocenters. The maximum atomic E-state index is 13.4. The van der Waals surface area contributed by atoms with E-state index in [2.05, 4.69) is 31.2 Å². The summed E-state index contributed by atoms with van der Waals surface area (Å²) in [5.74, 6) is -3.65. The number of hydrogen-bond acceptors (Lipinski definition) is 4. The number of carbonyl (C=O) groups excluding carboxylic acids is 2. The molecule has 4 rings (SSSR count). The van der Waals surface area contributed by atoms with E-state index in [0.717, 1.165) is 17.3 Å². The van der Waals surface area contributed by atoms with Crippen molar-refractivity contribution in [2.24, 2.45) is 5.92 Å². The zero-order chi connectivity index (χ0) is 21.0. The van der Waals surface area contributed by atoms with Gasteiger partial charge < -0.3 is 4.90 Å². The Morgan fingerprint density at radius 2 is 2.00 bits per heavy atom. The van der Waals surface area contributed by atoms with Gasteiger partial charge in [0.15, 0.2) is 5.82 Å². The summed E-state index contributed by atoms with van der Waals surface area (Å²) >= 11 is 3.25. The van der Waals surface area contributed by atoms with Crippen LogP contribution in [0.2, 0.25) is 0 Å². The molecule has 1 aliphatic heterocycles. The van der Waals surface area contributed by atoms with E-state index in [0.29, 0.717) is 10.0 Å². The molecule has 29 heavy (non-hydrogen) atoms. The summed E-state index contributed by atoms with van der Waals surface area (Å²) < 4.78 is 53.7. The Labute approximate surface area is 170 Å². The van der Waals surface area contributed by atoms with E-state index in [1.165, 1.54) is 6.07 Å². The Kier molecular flexibility index (Phi) is 4.60. The highest BCUT2D eigenvalue weighted by Gasteiger charge is 2.69. The minimum absolute atomic E-state index is 0.146. The standard InChI is InChI=1S/C18H13BrF4N4O2/c19-9-1-2-11-12(3-9)17(4-13(17)18(21,22)23)8-27(15(11)29)7-14(28)26-16-24-5-10(20)6-25-16/h1-3,5-6,13H,4,7-8H2,(H,24,25,26,28)/t13-,17?/m0/s1. The van der Waals surface area contributed by atoms with Gasteiger partial charge in [0.25, 0.3) is 5.91 Å². The summed E-state index contributed by atoms with van der Waals surface area (Å²) in [6.45, 7) is -0.696. The quantitative estimate of drug-likeness (QED) is 0.695. The first-order valence-corrected chi connectivity index (χ1v) is 9.33. The zero-order valence-corrected chi connectivity index (χ0v) is 16.2. The summed E-state index contributed by atoms with van der Waals surface area (Å²) in [5, 5.41) is 2.31. The highest BCUT2D eigenvalue weighted by atomic mass is 79.9. The van der Waals surface area contributed by atoms with E-state index in [4.69, 9.17) is 0 Å². The molecule has 2 aromatic rings. The Balaban J connectivity index is 1.59. The molecule has 0 bridgehead atoms. The van der Waals surface area contributed by atoms with Crippen LogP contribution in [0.1, 0.15) is 22.3 Å². The van der Waals surface area contributed by atoms with Gasteiger partial charge in [-0.1, -0.05) is 15.9 Å². The lowest BCUT2D eigenvalue weighted by Crippen LogP contribution is -2.48. The van der Waals surface area contributed by atoms with E-state index in [1.54, 1.807) is 12.1 Å². The van der Waals surface area contributed by atoms with Crippen molar-refractivity contribution in [3.63, 3.8) is 0 Å². The first-order valence-electron chi connectivity index (χ1n) is 8.53. The fraction of sp³-hybridized carbons (Fsp3) is 0.333. The van der Waals surface area contributed by atoms with Gasteiger partial charge in [-0.25, -0.2) is 14.4 Å². The number of halogens is 5. The number of benzene rings is 1. The van der Waals surface area contributed by atoms with Crippen LogP contribution < -0.4 is 5.32 Å². The van der Waals surface area contributed by atoms with E-state index < -0.39 is 41.7 Å². The fourth-order valence-electron chi connectivity index (χ4n) is 3.83. The van der Waals surface area contributed by atoms with Crippen LogP contribution in [0.4, 0.5) is 23.5 Å². The Bertz CT molecular complexity index is 998. The number of alkyl halides is 3. The maximum absolute atomic E-state index is 13.4. The summed E-state index contributed by atoms with van der Waals surface area (Å²) in [7, 11) is 0. The van der Waals surface area contributed by atoms with Crippen LogP contribution in [-0.4, -0.2) is 45.9 Å². The number of hydrogen-bond donors (Lipinski definition) is 1. The minimum Gasteiger partial charge on any atom is -0.328 e. The first-order chi connectivity index (χ1) is 13.6. The summed E-state index contributed by atoms with van der Waals surface area (Å²) in [6, 6.07) is 4.58. The molecule has 6 nitrogen and oxygen atoms in total. The number of nitrogens with one attached hydrogen (secondary N) is 1. The van der Waals surface area contributed by atoms with Crippen molar-refractivity contribution < 1.29 is 27.2 Å². The first kappa shape index (κ1) is 19.7. The van der Waals surface area contributed by atoms with E-state index in [1.807, 2.05) is 0 Å². The summed E-state index contributed by atoms with van der Waals surface area (Å²) in [4.78, 5) is 33.3. The molecule has 2 aliphatic rings. The largest absolute Gasteiger partial charge is 0.392 e. The lowest BCUT2D eigenvalue weighted by molar-refractivity contribution is -0.153. The molecule has 1 aromatic carbocycles. The second-order valence-electron chi connectivity index (χ2n) is 7.08. The number of rotatable bonds is 3. The third kappa shape index (κ3) is 3.59. The van der Waals surface area contributed by atoms with Crippen LogP contribution in [0.5, 0.6) is 0 Å². The molecule has 2 heterocycles. The van der Waals surface area contributed by atoms with E-state index in [-0.39, 0.29) is 24.5 Å². The lowest BCUT2D eigenvalue weighted by atomic mass is 9.84. The third-order valence-electron chi connectivity index (χ3n) is 5.19. The molecule has 1 N–H and O–H groups in total. The molecule has 1 aromatic heterocycles. The Morgan fingerprint density at radius 1 is 1.31 bits per heavy atom. The molecule has 11 heteroatoms. The molecule has 0 radical (unpaired) electrons.